The molecule has 4 heteroatoms. The summed E-state index contributed by atoms with van der Waals surface area (Å²) in [5, 5.41) is 3.91. The van der Waals surface area contributed by atoms with Gasteiger partial charge in [-0.1, -0.05) is 23.7 Å². The van der Waals surface area contributed by atoms with Gasteiger partial charge in [-0.15, -0.1) is 0 Å². The molecule has 0 aromatic heterocycles. The summed E-state index contributed by atoms with van der Waals surface area (Å²) in [7, 11) is 0. The van der Waals surface area contributed by atoms with Crippen molar-refractivity contribution in [3.05, 3.63) is 34.9 Å². The minimum Gasteiger partial charge on any atom is -0.302 e. The van der Waals surface area contributed by atoms with Gasteiger partial charge in [0.25, 0.3) is 0 Å². The van der Waals surface area contributed by atoms with Gasteiger partial charge in [-0.2, -0.15) is 0 Å². The van der Waals surface area contributed by atoms with E-state index in [0.29, 0.717) is 0 Å². The summed E-state index contributed by atoms with van der Waals surface area (Å²) in [6.45, 7) is 2.30. The van der Waals surface area contributed by atoms with E-state index >= 15 is 0 Å². The Hall–Kier alpha value is -0.900. The first-order valence-corrected chi connectivity index (χ1v) is 5.32. The zero-order chi connectivity index (χ0) is 10.7. The molecule has 0 radical (unpaired) electrons. The van der Waals surface area contributed by atoms with Crippen molar-refractivity contribution in [3.63, 3.8) is 0 Å². The number of halogens is 1. The third-order valence-electron chi connectivity index (χ3n) is 2.59. The molecule has 1 heterocycles. The maximum atomic E-state index is 10.8. The van der Waals surface area contributed by atoms with Gasteiger partial charge < -0.3 is 10.1 Å². The highest BCUT2D eigenvalue weighted by Gasteiger charge is 2.22. The van der Waals surface area contributed by atoms with Crippen LogP contribution < -0.4 is 5.32 Å². The number of carbonyl (C=O) groups is 1. The van der Waals surface area contributed by atoms with Crippen molar-refractivity contribution in [2.24, 2.45) is 0 Å². The van der Waals surface area contributed by atoms with Crippen molar-refractivity contribution >= 4 is 17.9 Å². The van der Waals surface area contributed by atoms with Gasteiger partial charge >= 0.3 is 0 Å². The van der Waals surface area contributed by atoms with Gasteiger partial charge in [0, 0.05) is 24.8 Å². The fourth-order valence-corrected chi connectivity index (χ4v) is 1.86. The Morgan fingerprint density at radius 3 is 2.87 bits per heavy atom. The van der Waals surface area contributed by atoms with E-state index < -0.39 is 0 Å². The lowest BCUT2D eigenvalue weighted by Crippen LogP contribution is -2.31. The quantitative estimate of drug-likeness (QED) is 0.785. The molecule has 1 unspecified atom stereocenters. The second-order valence-corrected chi connectivity index (χ2v) is 4.13. The third kappa shape index (κ3) is 2.56. The Labute approximate surface area is 94.0 Å². The minimum atomic E-state index is 0.000628. The lowest BCUT2D eigenvalue weighted by Gasteiger charge is -2.18. The molecule has 1 aromatic rings. The number of nitrogens with zero attached hydrogens (tertiary/aromatic N) is 1. The highest BCUT2D eigenvalue weighted by atomic mass is 35.5. The standard InChI is InChI=1S/C11H13ClN2O/c12-10-3-1-9(2-4-10)6-14-8-13-5-11(14)7-15/h1-4,7,11,13H,5-6,8H2. The van der Waals surface area contributed by atoms with Gasteiger partial charge in [0.2, 0.25) is 0 Å². The predicted molar refractivity (Wildman–Crippen MR) is 59.7 cm³/mol. The van der Waals surface area contributed by atoms with E-state index in [1.807, 2.05) is 24.3 Å². The molecule has 1 aromatic carbocycles. The molecule has 0 bridgehead atoms. The summed E-state index contributed by atoms with van der Waals surface area (Å²) in [4.78, 5) is 12.9. The molecule has 0 amide bonds. The topological polar surface area (TPSA) is 32.3 Å². The first kappa shape index (κ1) is 10.6. The van der Waals surface area contributed by atoms with Crippen LogP contribution in [-0.4, -0.2) is 30.4 Å². The van der Waals surface area contributed by atoms with Crippen LogP contribution in [0.3, 0.4) is 0 Å². The summed E-state index contributed by atoms with van der Waals surface area (Å²) in [5.74, 6) is 0. The van der Waals surface area contributed by atoms with E-state index in [-0.39, 0.29) is 6.04 Å². The van der Waals surface area contributed by atoms with Crippen molar-refractivity contribution in [2.45, 2.75) is 12.6 Å². The van der Waals surface area contributed by atoms with E-state index in [4.69, 9.17) is 11.6 Å². The van der Waals surface area contributed by atoms with Gasteiger partial charge in [0.1, 0.15) is 6.29 Å². The number of hydrogen-bond donors (Lipinski definition) is 1. The first-order valence-electron chi connectivity index (χ1n) is 4.94. The fourth-order valence-electron chi connectivity index (χ4n) is 1.73. The van der Waals surface area contributed by atoms with E-state index in [1.54, 1.807) is 0 Å². The summed E-state index contributed by atoms with van der Waals surface area (Å²) in [6, 6.07) is 7.72. The van der Waals surface area contributed by atoms with E-state index in [1.165, 1.54) is 5.56 Å². The van der Waals surface area contributed by atoms with Crippen molar-refractivity contribution in [1.29, 1.82) is 0 Å². The van der Waals surface area contributed by atoms with Crippen LogP contribution in [0.4, 0.5) is 0 Å². The van der Waals surface area contributed by atoms with Crippen LogP contribution >= 0.6 is 11.6 Å². The third-order valence-corrected chi connectivity index (χ3v) is 2.85. The second-order valence-electron chi connectivity index (χ2n) is 3.69. The number of hydrogen-bond acceptors (Lipinski definition) is 3. The number of carbonyl (C=O) groups excluding carboxylic acids is 1. The molecular formula is C11H13ClN2O. The Morgan fingerprint density at radius 1 is 1.47 bits per heavy atom. The molecule has 1 aliphatic rings. The SMILES string of the molecule is O=CC1CNCN1Cc1ccc(Cl)cc1. The molecule has 0 saturated carbocycles. The first-order chi connectivity index (χ1) is 7.29. The molecule has 1 atom stereocenters. The van der Waals surface area contributed by atoms with Crippen molar-refractivity contribution in [2.75, 3.05) is 13.2 Å². The van der Waals surface area contributed by atoms with Crippen LogP contribution in [0.5, 0.6) is 0 Å². The van der Waals surface area contributed by atoms with Gasteiger partial charge in [-0.25, -0.2) is 0 Å². The number of nitrogens with one attached hydrogen (secondary N) is 1. The Bertz CT molecular complexity index is 339. The Kier molecular flexibility index (Phi) is 3.36. The van der Waals surface area contributed by atoms with Crippen LogP contribution in [0.25, 0.3) is 0 Å². The van der Waals surface area contributed by atoms with Gasteiger partial charge in [-0.05, 0) is 17.7 Å². The lowest BCUT2D eigenvalue weighted by molar-refractivity contribution is -0.111. The lowest BCUT2D eigenvalue weighted by atomic mass is 10.2. The predicted octanol–water partition coefficient (Wildman–Crippen LogP) is 1.27. The zero-order valence-corrected chi connectivity index (χ0v) is 9.07. The molecule has 1 saturated heterocycles. The molecule has 2 rings (SSSR count). The smallest absolute Gasteiger partial charge is 0.138 e. The molecule has 15 heavy (non-hydrogen) atoms. The van der Waals surface area contributed by atoms with Crippen molar-refractivity contribution in [1.82, 2.24) is 10.2 Å². The summed E-state index contributed by atoms with van der Waals surface area (Å²) < 4.78 is 0. The van der Waals surface area contributed by atoms with E-state index in [9.17, 15) is 4.79 Å². The number of benzene rings is 1. The van der Waals surface area contributed by atoms with Crippen molar-refractivity contribution in [3.8, 4) is 0 Å². The van der Waals surface area contributed by atoms with Crippen LogP contribution in [0.15, 0.2) is 24.3 Å². The van der Waals surface area contributed by atoms with Crippen LogP contribution in [0.1, 0.15) is 5.56 Å². The monoisotopic (exact) mass is 224 g/mol. The summed E-state index contributed by atoms with van der Waals surface area (Å²) >= 11 is 5.80. The van der Waals surface area contributed by atoms with Crippen LogP contribution in [-0.2, 0) is 11.3 Å². The molecule has 1 N–H and O–H groups in total. The summed E-state index contributed by atoms with van der Waals surface area (Å²) in [6.07, 6.45) is 0.996. The van der Waals surface area contributed by atoms with Gasteiger partial charge in [-0.3, -0.25) is 4.90 Å². The highest BCUT2D eigenvalue weighted by molar-refractivity contribution is 6.30. The maximum Gasteiger partial charge on any atom is 0.138 e. The minimum absolute atomic E-state index is 0.000628. The molecule has 0 aliphatic carbocycles. The van der Waals surface area contributed by atoms with Gasteiger partial charge in [0.05, 0.1) is 6.04 Å². The van der Waals surface area contributed by atoms with Crippen LogP contribution in [0, 0.1) is 0 Å². The molecular weight excluding hydrogens is 212 g/mol. The Balaban J connectivity index is 2.02. The largest absolute Gasteiger partial charge is 0.302 e. The number of aldehydes is 1. The average Bonchev–Trinajstić information content (AvgIpc) is 2.69. The molecule has 3 nitrogen and oxygen atoms in total. The molecule has 1 aliphatic heterocycles. The normalized spacial score (nSPS) is 21.8. The number of rotatable bonds is 3. The highest BCUT2D eigenvalue weighted by Crippen LogP contribution is 2.13. The van der Waals surface area contributed by atoms with Crippen LogP contribution in [0.2, 0.25) is 5.02 Å². The van der Waals surface area contributed by atoms with E-state index in [0.717, 1.165) is 31.1 Å². The molecule has 0 spiro atoms. The second kappa shape index (κ2) is 4.75. The average molecular weight is 225 g/mol. The van der Waals surface area contributed by atoms with Crippen molar-refractivity contribution < 1.29 is 4.79 Å². The molecule has 80 valence electrons. The fraction of sp³-hybridized carbons (Fsp3) is 0.364. The Morgan fingerprint density at radius 2 is 2.20 bits per heavy atom. The van der Waals surface area contributed by atoms with Gasteiger partial charge in [0.15, 0.2) is 0 Å². The van der Waals surface area contributed by atoms with E-state index in [2.05, 4.69) is 10.2 Å². The molecule has 1 fully saturated rings. The zero-order valence-electron chi connectivity index (χ0n) is 8.32. The maximum absolute atomic E-state index is 10.8. The summed E-state index contributed by atoms with van der Waals surface area (Å²) in [5.41, 5.74) is 1.18.